The molecule has 0 bridgehead atoms. The Hall–Kier alpha value is -1.16. The van der Waals surface area contributed by atoms with Gasteiger partial charge in [0, 0.05) is 6.20 Å². The highest BCUT2D eigenvalue weighted by atomic mass is 32.1. The predicted octanol–water partition coefficient (Wildman–Crippen LogP) is 1.62. The highest BCUT2D eigenvalue weighted by Gasteiger charge is 1.93. The Morgan fingerprint density at radius 1 is 1.50 bits per heavy atom. The number of pyridine rings is 1. The van der Waals surface area contributed by atoms with E-state index in [1.807, 2.05) is 6.07 Å². The van der Waals surface area contributed by atoms with Gasteiger partial charge < -0.3 is 4.98 Å². The second kappa shape index (κ2) is 1.91. The average Bonchev–Trinajstić information content (AvgIpc) is 2.36. The average molecular weight is 151 g/mol. The molecule has 0 aliphatic rings. The van der Waals surface area contributed by atoms with Gasteiger partial charge in [0.2, 0.25) is 0 Å². The van der Waals surface area contributed by atoms with Gasteiger partial charge in [-0.25, -0.2) is 0 Å². The zero-order valence-electron chi connectivity index (χ0n) is 5.09. The smallest absolute Gasteiger partial charge is 0.134 e. The molecule has 0 saturated heterocycles. The first-order valence-electron chi connectivity index (χ1n) is 2.89. The van der Waals surface area contributed by atoms with E-state index in [0.29, 0.717) is 0 Å². The summed E-state index contributed by atoms with van der Waals surface area (Å²) in [5.74, 6) is 0. The normalized spacial score (nSPS) is 10.4. The van der Waals surface area contributed by atoms with Crippen molar-refractivity contribution in [2.45, 2.75) is 0 Å². The molecule has 10 heavy (non-hydrogen) atoms. The van der Waals surface area contributed by atoms with Gasteiger partial charge in [-0.2, -0.15) is 5.10 Å². The molecule has 0 spiro atoms. The van der Waals surface area contributed by atoms with Crippen LogP contribution >= 0.6 is 12.2 Å². The summed E-state index contributed by atoms with van der Waals surface area (Å²) in [5, 5.41) is 7.60. The van der Waals surface area contributed by atoms with Gasteiger partial charge in [0.25, 0.3) is 0 Å². The van der Waals surface area contributed by atoms with Gasteiger partial charge in [0.05, 0.1) is 16.1 Å². The van der Waals surface area contributed by atoms with E-state index in [1.54, 1.807) is 12.4 Å². The van der Waals surface area contributed by atoms with E-state index >= 15 is 0 Å². The molecule has 2 N–H and O–H groups in total. The third kappa shape index (κ3) is 0.657. The first-order valence-corrected chi connectivity index (χ1v) is 3.29. The quantitative estimate of drug-likeness (QED) is 0.562. The lowest BCUT2D eigenvalue weighted by atomic mass is 10.4. The Labute approximate surface area is 62.1 Å². The van der Waals surface area contributed by atoms with E-state index in [-0.39, 0.29) is 0 Å². The van der Waals surface area contributed by atoms with E-state index in [2.05, 4.69) is 15.2 Å². The van der Waals surface area contributed by atoms with E-state index in [0.717, 1.165) is 15.5 Å². The van der Waals surface area contributed by atoms with Gasteiger partial charge in [-0.1, -0.05) is 12.2 Å². The van der Waals surface area contributed by atoms with Crippen molar-refractivity contribution < 1.29 is 0 Å². The van der Waals surface area contributed by atoms with Crippen LogP contribution < -0.4 is 0 Å². The van der Waals surface area contributed by atoms with Crippen molar-refractivity contribution in [2.75, 3.05) is 0 Å². The van der Waals surface area contributed by atoms with Crippen LogP contribution in [-0.2, 0) is 0 Å². The summed E-state index contributed by atoms with van der Waals surface area (Å²) >= 11 is 5.03. The van der Waals surface area contributed by atoms with Gasteiger partial charge in [-0.15, -0.1) is 0 Å². The molecule has 0 unspecified atom stereocenters. The Kier molecular flexibility index (Phi) is 1.07. The van der Waals surface area contributed by atoms with Crippen LogP contribution in [0.25, 0.3) is 11.0 Å². The van der Waals surface area contributed by atoms with Crippen molar-refractivity contribution in [1.82, 2.24) is 15.2 Å². The summed E-state index contributed by atoms with van der Waals surface area (Å²) in [4.78, 5) is 2.99. The van der Waals surface area contributed by atoms with Gasteiger partial charge in [-0.05, 0) is 6.07 Å². The Morgan fingerprint density at radius 3 is 3.20 bits per heavy atom. The second-order valence-corrected chi connectivity index (χ2v) is 2.44. The van der Waals surface area contributed by atoms with E-state index in [9.17, 15) is 0 Å². The fraction of sp³-hybridized carbons (Fsp3) is 0. The molecule has 0 atom stereocenters. The number of nitrogens with one attached hydrogen (secondary N) is 2. The molecule has 0 aliphatic heterocycles. The lowest BCUT2D eigenvalue weighted by Crippen LogP contribution is -1.73. The number of fused-ring (bicyclic) bond motifs is 1. The monoisotopic (exact) mass is 151 g/mol. The van der Waals surface area contributed by atoms with Crippen LogP contribution in [-0.4, -0.2) is 15.2 Å². The van der Waals surface area contributed by atoms with Crippen LogP contribution in [0.5, 0.6) is 0 Å². The molecular weight excluding hydrogens is 146 g/mol. The minimum Gasteiger partial charge on any atom is -0.346 e. The van der Waals surface area contributed by atoms with Gasteiger partial charge in [0.15, 0.2) is 0 Å². The lowest BCUT2D eigenvalue weighted by molar-refractivity contribution is 1.10. The summed E-state index contributed by atoms with van der Waals surface area (Å²) in [6, 6.07) is 1.84. The molecule has 0 fully saturated rings. The summed E-state index contributed by atoms with van der Waals surface area (Å²) in [7, 11) is 0. The maximum Gasteiger partial charge on any atom is 0.134 e. The Balaban J connectivity index is 3.09. The number of H-pyrrole nitrogens is 2. The number of hydrogen-bond donors (Lipinski definition) is 2. The summed E-state index contributed by atoms with van der Waals surface area (Å²) < 4.78 is 0.822. The van der Waals surface area contributed by atoms with Crippen LogP contribution in [0.2, 0.25) is 0 Å². The van der Waals surface area contributed by atoms with Gasteiger partial charge in [0.1, 0.15) is 5.65 Å². The highest BCUT2D eigenvalue weighted by molar-refractivity contribution is 7.71. The number of nitrogens with zero attached hydrogens (tertiary/aromatic N) is 1. The van der Waals surface area contributed by atoms with Crippen LogP contribution in [0.4, 0.5) is 0 Å². The van der Waals surface area contributed by atoms with Crippen LogP contribution in [0, 0.1) is 4.51 Å². The number of aromatic amines is 2. The van der Waals surface area contributed by atoms with Gasteiger partial charge in [-0.3, -0.25) is 5.10 Å². The number of rotatable bonds is 0. The molecule has 4 heteroatoms. The lowest BCUT2D eigenvalue weighted by Gasteiger charge is -1.85. The SMILES string of the molecule is S=c1cc[nH]c2[nH]ncc12. The molecule has 50 valence electrons. The van der Waals surface area contributed by atoms with Crippen molar-refractivity contribution >= 4 is 23.3 Å². The number of aromatic nitrogens is 3. The van der Waals surface area contributed by atoms with Crippen LogP contribution in [0.1, 0.15) is 0 Å². The van der Waals surface area contributed by atoms with E-state index in [4.69, 9.17) is 12.2 Å². The van der Waals surface area contributed by atoms with Gasteiger partial charge >= 0.3 is 0 Å². The standard InChI is InChI=1S/C6H5N3S/c10-5-1-2-7-6-4(5)3-8-9-6/h1-3H,(H2,7,8,9,10). The van der Waals surface area contributed by atoms with Crippen molar-refractivity contribution in [3.63, 3.8) is 0 Å². The minimum atomic E-state index is 0.822. The summed E-state index contributed by atoms with van der Waals surface area (Å²) in [6.45, 7) is 0. The van der Waals surface area contributed by atoms with Crippen molar-refractivity contribution in [3.05, 3.63) is 23.0 Å². The van der Waals surface area contributed by atoms with Crippen molar-refractivity contribution in [2.24, 2.45) is 0 Å². The zero-order valence-corrected chi connectivity index (χ0v) is 5.90. The minimum absolute atomic E-state index is 0.822. The highest BCUT2D eigenvalue weighted by Crippen LogP contribution is 2.07. The molecule has 3 nitrogen and oxygen atoms in total. The fourth-order valence-corrected chi connectivity index (χ4v) is 1.10. The topological polar surface area (TPSA) is 44.5 Å². The first kappa shape index (κ1) is 5.61. The molecular formula is C6H5N3S. The maximum atomic E-state index is 5.03. The van der Waals surface area contributed by atoms with E-state index < -0.39 is 0 Å². The molecule has 2 heterocycles. The third-order valence-corrected chi connectivity index (χ3v) is 1.72. The van der Waals surface area contributed by atoms with Crippen LogP contribution in [0.3, 0.4) is 0 Å². The first-order chi connectivity index (χ1) is 4.88. The predicted molar refractivity (Wildman–Crippen MR) is 41.3 cm³/mol. The molecule has 2 aromatic heterocycles. The third-order valence-electron chi connectivity index (χ3n) is 1.37. The molecule has 2 rings (SSSR count). The molecule has 0 saturated carbocycles. The second-order valence-electron chi connectivity index (χ2n) is 2.00. The van der Waals surface area contributed by atoms with Crippen molar-refractivity contribution in [1.29, 1.82) is 0 Å². The largest absolute Gasteiger partial charge is 0.346 e. The molecule has 0 aromatic carbocycles. The molecule has 0 aliphatic carbocycles. The summed E-state index contributed by atoms with van der Waals surface area (Å²) in [6.07, 6.45) is 3.51. The molecule has 0 amide bonds. The van der Waals surface area contributed by atoms with Crippen LogP contribution in [0.15, 0.2) is 18.5 Å². The zero-order chi connectivity index (χ0) is 6.97. The van der Waals surface area contributed by atoms with E-state index in [1.165, 1.54) is 0 Å². The van der Waals surface area contributed by atoms with Crippen molar-refractivity contribution in [3.8, 4) is 0 Å². The number of hydrogen-bond acceptors (Lipinski definition) is 2. The molecule has 0 radical (unpaired) electrons. The summed E-state index contributed by atoms with van der Waals surface area (Å²) in [5.41, 5.74) is 0.882. The Morgan fingerprint density at radius 2 is 2.40 bits per heavy atom. The fourth-order valence-electron chi connectivity index (χ4n) is 0.873. The maximum absolute atomic E-state index is 5.03. The Bertz CT molecular complexity index is 400. The molecule has 2 aromatic rings.